The molecule has 0 aliphatic heterocycles. The zero-order chi connectivity index (χ0) is 19.5. The molecule has 0 spiro atoms. The predicted octanol–water partition coefficient (Wildman–Crippen LogP) is 3.91. The van der Waals surface area contributed by atoms with Crippen LogP contribution in [0.4, 0.5) is 0 Å². The smallest absolute Gasteiger partial charge is 0.306 e. The average molecular weight is 374 g/mol. The molecule has 2 N–H and O–H groups in total. The summed E-state index contributed by atoms with van der Waals surface area (Å²) in [6, 6.07) is 0. The average Bonchev–Trinajstić information content (AvgIpc) is 2.64. The molecule has 5 nitrogen and oxygen atoms in total. The van der Waals surface area contributed by atoms with Crippen molar-refractivity contribution in [3.8, 4) is 0 Å². The van der Waals surface area contributed by atoms with Crippen LogP contribution in [-0.2, 0) is 9.53 Å². The third kappa shape index (κ3) is 15.6. The number of esters is 1. The first-order valence-electron chi connectivity index (χ1n) is 10.8. The molecule has 0 radical (unpaired) electrons. The van der Waals surface area contributed by atoms with Gasteiger partial charge in [-0.3, -0.25) is 4.79 Å². The topological polar surface area (TPSA) is 70.0 Å². The highest BCUT2D eigenvalue weighted by atomic mass is 16.5. The second kappa shape index (κ2) is 19.1. The van der Waals surface area contributed by atoms with E-state index in [9.17, 15) is 4.79 Å². The largest absolute Gasteiger partial charge is 0.462 e. The van der Waals surface area contributed by atoms with Crippen LogP contribution in [0.25, 0.3) is 0 Å². The number of carbonyl (C=O) groups excluding carboxylic acids is 1. The predicted molar refractivity (Wildman–Crippen MR) is 107 cm³/mol. The SMILES string of the molecule is CCN(CC)CCCC(=O)OC(CCCCCCO)CCCCCCO. The molecule has 0 fully saturated rings. The summed E-state index contributed by atoms with van der Waals surface area (Å²) in [5.74, 6) is -0.0622. The monoisotopic (exact) mass is 373 g/mol. The standard InChI is InChI=1S/C21H43NO4/c1-3-22(4-2)17-13-16-21(25)26-20(14-9-5-7-11-18-23)15-10-6-8-12-19-24/h20,23-24H,3-19H2,1-2H3. The number of rotatable bonds is 19. The first-order chi connectivity index (χ1) is 12.7. The van der Waals surface area contributed by atoms with Crippen molar-refractivity contribution in [1.82, 2.24) is 4.90 Å². The second-order valence-electron chi connectivity index (χ2n) is 7.10. The highest BCUT2D eigenvalue weighted by Crippen LogP contribution is 2.16. The van der Waals surface area contributed by atoms with Crippen molar-refractivity contribution in [2.75, 3.05) is 32.8 Å². The summed E-state index contributed by atoms with van der Waals surface area (Å²) in [7, 11) is 0. The van der Waals surface area contributed by atoms with E-state index in [0.717, 1.165) is 90.3 Å². The van der Waals surface area contributed by atoms with Gasteiger partial charge in [-0.1, -0.05) is 39.5 Å². The third-order valence-corrected chi connectivity index (χ3v) is 4.92. The van der Waals surface area contributed by atoms with Gasteiger partial charge >= 0.3 is 5.97 Å². The highest BCUT2D eigenvalue weighted by molar-refractivity contribution is 5.69. The number of hydrogen-bond donors (Lipinski definition) is 2. The number of nitrogens with zero attached hydrogens (tertiary/aromatic N) is 1. The Morgan fingerprint density at radius 2 is 1.31 bits per heavy atom. The van der Waals surface area contributed by atoms with E-state index >= 15 is 0 Å². The van der Waals surface area contributed by atoms with Crippen molar-refractivity contribution in [3.05, 3.63) is 0 Å². The number of aliphatic hydroxyl groups excluding tert-OH is 2. The van der Waals surface area contributed by atoms with E-state index in [4.69, 9.17) is 14.9 Å². The summed E-state index contributed by atoms with van der Waals surface area (Å²) in [6.45, 7) is 7.81. The number of ether oxygens (including phenoxy) is 1. The van der Waals surface area contributed by atoms with Crippen molar-refractivity contribution >= 4 is 5.97 Å². The summed E-state index contributed by atoms with van der Waals surface area (Å²) in [6.07, 6.45) is 11.3. The van der Waals surface area contributed by atoms with Gasteiger partial charge in [-0.15, -0.1) is 0 Å². The fourth-order valence-corrected chi connectivity index (χ4v) is 3.17. The Kier molecular flexibility index (Phi) is 18.6. The van der Waals surface area contributed by atoms with E-state index in [-0.39, 0.29) is 25.3 Å². The van der Waals surface area contributed by atoms with Gasteiger partial charge in [-0.25, -0.2) is 0 Å². The van der Waals surface area contributed by atoms with Crippen LogP contribution >= 0.6 is 0 Å². The van der Waals surface area contributed by atoms with Gasteiger partial charge in [0.15, 0.2) is 0 Å². The number of carbonyl (C=O) groups is 1. The van der Waals surface area contributed by atoms with Crippen molar-refractivity contribution in [2.45, 2.75) is 97.0 Å². The molecule has 0 aliphatic rings. The fraction of sp³-hybridized carbons (Fsp3) is 0.952. The quantitative estimate of drug-likeness (QED) is 0.265. The second-order valence-corrected chi connectivity index (χ2v) is 7.10. The van der Waals surface area contributed by atoms with E-state index in [1.807, 2.05) is 0 Å². The first-order valence-corrected chi connectivity index (χ1v) is 10.8. The molecule has 0 saturated heterocycles. The lowest BCUT2D eigenvalue weighted by Crippen LogP contribution is -2.25. The molecular formula is C21H43NO4. The summed E-state index contributed by atoms with van der Waals surface area (Å²) in [4.78, 5) is 14.5. The van der Waals surface area contributed by atoms with Crippen LogP contribution in [0.3, 0.4) is 0 Å². The van der Waals surface area contributed by atoms with Gasteiger partial charge < -0.3 is 19.8 Å². The molecule has 0 aliphatic carbocycles. The van der Waals surface area contributed by atoms with Crippen LogP contribution in [-0.4, -0.2) is 60.0 Å². The minimum atomic E-state index is -0.0622. The lowest BCUT2D eigenvalue weighted by molar-refractivity contribution is -0.150. The number of unbranched alkanes of at least 4 members (excludes halogenated alkanes) is 6. The fourth-order valence-electron chi connectivity index (χ4n) is 3.17. The molecule has 5 heteroatoms. The molecule has 0 unspecified atom stereocenters. The Morgan fingerprint density at radius 1 is 0.808 bits per heavy atom. The van der Waals surface area contributed by atoms with Crippen LogP contribution in [0.5, 0.6) is 0 Å². The molecule has 0 aromatic heterocycles. The van der Waals surface area contributed by atoms with Crippen molar-refractivity contribution in [1.29, 1.82) is 0 Å². The normalized spacial score (nSPS) is 11.5. The minimum absolute atomic E-state index is 0.0270. The summed E-state index contributed by atoms with van der Waals surface area (Å²) in [5.41, 5.74) is 0. The Labute approximate surface area is 161 Å². The number of hydrogen-bond acceptors (Lipinski definition) is 5. The van der Waals surface area contributed by atoms with Gasteiger partial charge in [0.05, 0.1) is 0 Å². The van der Waals surface area contributed by atoms with Crippen molar-refractivity contribution in [2.24, 2.45) is 0 Å². The third-order valence-electron chi connectivity index (χ3n) is 4.92. The van der Waals surface area contributed by atoms with Gasteiger partial charge in [0.25, 0.3) is 0 Å². The summed E-state index contributed by atoms with van der Waals surface area (Å²) < 4.78 is 5.76. The summed E-state index contributed by atoms with van der Waals surface area (Å²) in [5, 5.41) is 17.7. The van der Waals surface area contributed by atoms with Gasteiger partial charge in [-0.2, -0.15) is 0 Å². The lowest BCUT2D eigenvalue weighted by Gasteiger charge is -2.20. The van der Waals surface area contributed by atoms with E-state index in [1.54, 1.807) is 0 Å². The molecule has 0 rings (SSSR count). The van der Waals surface area contributed by atoms with Crippen LogP contribution < -0.4 is 0 Å². The lowest BCUT2D eigenvalue weighted by atomic mass is 10.0. The molecule has 26 heavy (non-hydrogen) atoms. The Morgan fingerprint density at radius 3 is 1.77 bits per heavy atom. The molecule has 0 bridgehead atoms. The maximum atomic E-state index is 12.2. The van der Waals surface area contributed by atoms with Crippen LogP contribution in [0.15, 0.2) is 0 Å². The van der Waals surface area contributed by atoms with Gasteiger partial charge in [0.2, 0.25) is 0 Å². The highest BCUT2D eigenvalue weighted by Gasteiger charge is 2.14. The molecule has 0 aromatic rings. The maximum absolute atomic E-state index is 12.2. The molecule has 0 saturated carbocycles. The van der Waals surface area contributed by atoms with E-state index in [0.29, 0.717) is 6.42 Å². The van der Waals surface area contributed by atoms with E-state index in [1.165, 1.54) is 0 Å². The Balaban J connectivity index is 4.10. The molecule has 156 valence electrons. The van der Waals surface area contributed by atoms with E-state index in [2.05, 4.69) is 18.7 Å². The molecule has 0 amide bonds. The Hall–Kier alpha value is -0.650. The molecule has 0 heterocycles. The molecule has 0 atom stereocenters. The van der Waals surface area contributed by atoms with Crippen molar-refractivity contribution < 1.29 is 19.7 Å². The maximum Gasteiger partial charge on any atom is 0.306 e. The summed E-state index contributed by atoms with van der Waals surface area (Å²) >= 11 is 0. The molecule has 0 aromatic carbocycles. The number of aliphatic hydroxyl groups is 2. The van der Waals surface area contributed by atoms with Crippen LogP contribution in [0.2, 0.25) is 0 Å². The van der Waals surface area contributed by atoms with Crippen LogP contribution in [0, 0.1) is 0 Å². The van der Waals surface area contributed by atoms with Crippen LogP contribution in [0.1, 0.15) is 90.9 Å². The van der Waals surface area contributed by atoms with E-state index < -0.39 is 0 Å². The van der Waals surface area contributed by atoms with Gasteiger partial charge in [-0.05, 0) is 64.6 Å². The first kappa shape index (κ1) is 25.4. The Bertz CT molecular complexity index is 294. The molecular weight excluding hydrogens is 330 g/mol. The van der Waals surface area contributed by atoms with Gasteiger partial charge in [0, 0.05) is 19.6 Å². The zero-order valence-corrected chi connectivity index (χ0v) is 17.3. The van der Waals surface area contributed by atoms with Gasteiger partial charge in [0.1, 0.15) is 6.10 Å². The minimum Gasteiger partial charge on any atom is -0.462 e. The zero-order valence-electron chi connectivity index (χ0n) is 17.3. The van der Waals surface area contributed by atoms with Crippen molar-refractivity contribution in [3.63, 3.8) is 0 Å².